The Labute approximate surface area is 127 Å². The molecule has 2 aliphatic rings. The summed E-state index contributed by atoms with van der Waals surface area (Å²) in [6, 6.07) is 8.83. The maximum atomic E-state index is 9.06. The molecule has 1 aromatic carbocycles. The van der Waals surface area contributed by atoms with Crippen molar-refractivity contribution in [2.24, 2.45) is 11.3 Å². The van der Waals surface area contributed by atoms with Crippen molar-refractivity contribution in [3.05, 3.63) is 35.4 Å². The Hall–Kier alpha value is -0.900. The molecule has 0 bridgehead atoms. The van der Waals surface area contributed by atoms with Gasteiger partial charge in [0.1, 0.15) is 0 Å². The van der Waals surface area contributed by atoms with Crippen molar-refractivity contribution in [3.8, 4) is 0 Å². The second-order valence-electron chi connectivity index (χ2n) is 7.08. The Morgan fingerprint density at radius 3 is 2.67 bits per heavy atom. The van der Waals surface area contributed by atoms with Crippen molar-refractivity contribution in [1.82, 2.24) is 5.32 Å². The summed E-state index contributed by atoms with van der Waals surface area (Å²) in [6.07, 6.45) is 4.00. The summed E-state index contributed by atoms with van der Waals surface area (Å²) in [5, 5.41) is 12.8. The highest BCUT2D eigenvalue weighted by Gasteiger charge is 2.57. The Morgan fingerprint density at radius 1 is 1.24 bits per heavy atom. The minimum atomic E-state index is 0.123. The summed E-state index contributed by atoms with van der Waals surface area (Å²) < 4.78 is 5.95. The highest BCUT2D eigenvalue weighted by Crippen LogP contribution is 2.51. The maximum Gasteiger partial charge on any atom is 0.0684 e. The van der Waals surface area contributed by atoms with Crippen molar-refractivity contribution in [1.29, 1.82) is 0 Å². The van der Waals surface area contributed by atoms with Gasteiger partial charge in [-0.1, -0.05) is 38.1 Å². The second-order valence-corrected chi connectivity index (χ2v) is 7.08. The van der Waals surface area contributed by atoms with E-state index in [1.54, 1.807) is 0 Å². The van der Waals surface area contributed by atoms with E-state index in [4.69, 9.17) is 9.84 Å². The van der Waals surface area contributed by atoms with Crippen LogP contribution in [0.15, 0.2) is 24.3 Å². The molecule has 116 valence electrons. The smallest absolute Gasteiger partial charge is 0.0684 e. The van der Waals surface area contributed by atoms with Gasteiger partial charge in [0.25, 0.3) is 0 Å². The van der Waals surface area contributed by atoms with Crippen LogP contribution in [0.3, 0.4) is 0 Å². The number of aliphatic hydroxyl groups excluding tert-OH is 1. The molecule has 21 heavy (non-hydrogen) atoms. The number of benzene rings is 1. The fourth-order valence-electron chi connectivity index (χ4n) is 4.12. The van der Waals surface area contributed by atoms with E-state index in [2.05, 4.69) is 31.3 Å². The molecular weight excluding hydrogens is 262 g/mol. The van der Waals surface area contributed by atoms with Gasteiger partial charge in [-0.15, -0.1) is 0 Å². The molecule has 1 aliphatic carbocycles. The fraction of sp³-hybridized carbons (Fsp3) is 0.667. The Bertz CT molecular complexity index is 469. The quantitative estimate of drug-likeness (QED) is 0.875. The lowest BCUT2D eigenvalue weighted by Crippen LogP contribution is -2.69. The third-order valence-electron chi connectivity index (χ3n) is 5.31. The van der Waals surface area contributed by atoms with Crippen LogP contribution in [-0.4, -0.2) is 30.4 Å². The predicted molar refractivity (Wildman–Crippen MR) is 84.1 cm³/mol. The second kappa shape index (κ2) is 6.07. The summed E-state index contributed by atoms with van der Waals surface area (Å²) in [7, 11) is 0. The van der Waals surface area contributed by atoms with Crippen LogP contribution >= 0.6 is 0 Å². The monoisotopic (exact) mass is 289 g/mol. The van der Waals surface area contributed by atoms with Crippen LogP contribution < -0.4 is 5.32 Å². The number of rotatable bonds is 5. The molecule has 1 saturated carbocycles. The van der Waals surface area contributed by atoms with Gasteiger partial charge in [-0.3, -0.25) is 0 Å². The Morgan fingerprint density at radius 2 is 1.95 bits per heavy atom. The highest BCUT2D eigenvalue weighted by atomic mass is 16.5. The SMILES string of the molecule is CC1(C)C(NCCc2ccc(CO)cc2)C2CCCOC21. The third-order valence-corrected chi connectivity index (χ3v) is 5.31. The van der Waals surface area contributed by atoms with Crippen LogP contribution in [0.1, 0.15) is 37.8 Å². The van der Waals surface area contributed by atoms with Crippen molar-refractivity contribution in [2.45, 2.75) is 51.9 Å². The van der Waals surface area contributed by atoms with Crippen LogP contribution in [0.25, 0.3) is 0 Å². The zero-order chi connectivity index (χ0) is 14.9. The molecule has 3 nitrogen and oxygen atoms in total. The average molecular weight is 289 g/mol. The average Bonchev–Trinajstić information content (AvgIpc) is 2.52. The van der Waals surface area contributed by atoms with E-state index >= 15 is 0 Å². The van der Waals surface area contributed by atoms with Gasteiger partial charge >= 0.3 is 0 Å². The standard InChI is InChI=1S/C18H27NO2/c1-18(2)16(15-4-3-11-21-17(15)18)19-10-9-13-5-7-14(12-20)8-6-13/h5-8,15-17,19-20H,3-4,9-12H2,1-2H3. The molecule has 0 aromatic heterocycles. The van der Waals surface area contributed by atoms with Crippen LogP contribution in [0.2, 0.25) is 0 Å². The summed E-state index contributed by atoms with van der Waals surface area (Å²) in [5.41, 5.74) is 2.56. The van der Waals surface area contributed by atoms with Gasteiger partial charge in [0.05, 0.1) is 12.7 Å². The zero-order valence-electron chi connectivity index (χ0n) is 13.1. The van der Waals surface area contributed by atoms with Crippen LogP contribution in [0, 0.1) is 11.3 Å². The van der Waals surface area contributed by atoms with Gasteiger partial charge in [-0.05, 0) is 36.9 Å². The van der Waals surface area contributed by atoms with E-state index in [1.165, 1.54) is 18.4 Å². The molecule has 3 heteroatoms. The molecule has 2 fully saturated rings. The molecule has 1 aromatic rings. The molecule has 1 aliphatic heterocycles. The molecule has 1 saturated heterocycles. The molecule has 3 rings (SSSR count). The Balaban J connectivity index is 1.50. The summed E-state index contributed by atoms with van der Waals surface area (Å²) in [6.45, 7) is 6.72. The summed E-state index contributed by atoms with van der Waals surface area (Å²) >= 11 is 0. The van der Waals surface area contributed by atoms with Gasteiger partial charge in [0.2, 0.25) is 0 Å². The van der Waals surface area contributed by atoms with E-state index in [-0.39, 0.29) is 12.0 Å². The van der Waals surface area contributed by atoms with E-state index in [0.29, 0.717) is 18.1 Å². The van der Waals surface area contributed by atoms with E-state index in [9.17, 15) is 0 Å². The first-order valence-electron chi connectivity index (χ1n) is 8.16. The van der Waals surface area contributed by atoms with Crippen molar-refractivity contribution < 1.29 is 9.84 Å². The number of fused-ring (bicyclic) bond motifs is 1. The van der Waals surface area contributed by atoms with Gasteiger partial charge < -0.3 is 15.2 Å². The summed E-state index contributed by atoms with van der Waals surface area (Å²) in [4.78, 5) is 0. The maximum absolute atomic E-state index is 9.06. The van der Waals surface area contributed by atoms with Crippen LogP contribution in [0.5, 0.6) is 0 Å². The topological polar surface area (TPSA) is 41.5 Å². The fourth-order valence-corrected chi connectivity index (χ4v) is 4.12. The minimum absolute atomic E-state index is 0.123. The number of ether oxygens (including phenoxy) is 1. The number of nitrogens with one attached hydrogen (secondary N) is 1. The first kappa shape index (κ1) is 15.0. The highest BCUT2D eigenvalue weighted by molar-refractivity contribution is 5.22. The van der Waals surface area contributed by atoms with Crippen LogP contribution in [0.4, 0.5) is 0 Å². The lowest BCUT2D eigenvalue weighted by atomic mass is 9.55. The molecule has 3 atom stereocenters. The molecule has 0 amide bonds. The number of aliphatic hydroxyl groups is 1. The molecule has 3 unspecified atom stereocenters. The molecule has 0 spiro atoms. The normalized spacial score (nSPS) is 30.5. The molecular formula is C18H27NO2. The van der Waals surface area contributed by atoms with Crippen molar-refractivity contribution >= 4 is 0 Å². The van der Waals surface area contributed by atoms with E-state index in [0.717, 1.165) is 25.1 Å². The van der Waals surface area contributed by atoms with Gasteiger partial charge in [-0.2, -0.15) is 0 Å². The first-order valence-corrected chi connectivity index (χ1v) is 8.16. The minimum Gasteiger partial charge on any atom is -0.392 e. The predicted octanol–water partition coefficient (Wildman–Crippen LogP) is 2.51. The van der Waals surface area contributed by atoms with E-state index in [1.807, 2.05) is 12.1 Å². The Kier molecular flexibility index (Phi) is 4.34. The van der Waals surface area contributed by atoms with Gasteiger partial charge in [0, 0.05) is 24.0 Å². The zero-order valence-corrected chi connectivity index (χ0v) is 13.1. The number of hydrogen-bond acceptors (Lipinski definition) is 3. The van der Waals surface area contributed by atoms with E-state index < -0.39 is 0 Å². The largest absolute Gasteiger partial charge is 0.392 e. The lowest BCUT2D eigenvalue weighted by Gasteiger charge is -2.60. The van der Waals surface area contributed by atoms with Gasteiger partial charge in [-0.25, -0.2) is 0 Å². The summed E-state index contributed by atoms with van der Waals surface area (Å²) in [5.74, 6) is 0.700. The lowest BCUT2D eigenvalue weighted by molar-refractivity contribution is -0.192. The molecule has 1 heterocycles. The molecule has 2 N–H and O–H groups in total. The molecule has 0 radical (unpaired) electrons. The third kappa shape index (κ3) is 2.87. The van der Waals surface area contributed by atoms with Crippen molar-refractivity contribution in [2.75, 3.05) is 13.2 Å². The van der Waals surface area contributed by atoms with Crippen LogP contribution in [-0.2, 0) is 17.8 Å². The van der Waals surface area contributed by atoms with Gasteiger partial charge in [0.15, 0.2) is 0 Å². The first-order chi connectivity index (χ1) is 10.1. The number of hydrogen-bond donors (Lipinski definition) is 2. The van der Waals surface area contributed by atoms with Crippen molar-refractivity contribution in [3.63, 3.8) is 0 Å².